The predicted molar refractivity (Wildman–Crippen MR) is 104 cm³/mol. The summed E-state index contributed by atoms with van der Waals surface area (Å²) in [5.74, 6) is 1.61. The summed E-state index contributed by atoms with van der Waals surface area (Å²) in [5.41, 5.74) is 0.613. The molecule has 0 saturated carbocycles. The zero-order valence-corrected chi connectivity index (χ0v) is 16.1. The van der Waals surface area contributed by atoms with E-state index in [0.29, 0.717) is 24.3 Å². The van der Waals surface area contributed by atoms with Crippen molar-refractivity contribution in [2.24, 2.45) is 5.92 Å². The molecule has 1 aromatic rings. The number of hydrogen-bond donors (Lipinski definition) is 1. The first-order valence-electron chi connectivity index (χ1n) is 9.93. The van der Waals surface area contributed by atoms with E-state index in [-0.39, 0.29) is 18.4 Å². The fourth-order valence-corrected chi connectivity index (χ4v) is 3.87. The Morgan fingerprint density at radius 2 is 2.07 bits per heavy atom. The molecule has 2 amide bonds. The molecule has 0 spiro atoms. The number of aliphatic hydroxyl groups is 1. The minimum Gasteiger partial charge on any atom is -0.396 e. The van der Waals surface area contributed by atoms with Gasteiger partial charge in [-0.25, -0.2) is 4.98 Å². The summed E-state index contributed by atoms with van der Waals surface area (Å²) in [6, 6.07) is 3.69. The Hall–Kier alpha value is -2.15. The standard InChI is InChI=1S/C20H30N4O3/c1-22(9-3-13-25)18-6-5-17(14-21-18)20(27)23-11-7-16(8-12-23)15-24-10-2-4-19(24)26/h5-6,14,16,25H,2-4,7-13,15H2,1H3. The van der Waals surface area contributed by atoms with E-state index in [0.717, 1.165) is 57.8 Å². The van der Waals surface area contributed by atoms with Crippen molar-refractivity contribution < 1.29 is 14.7 Å². The van der Waals surface area contributed by atoms with Gasteiger partial charge in [0.25, 0.3) is 5.91 Å². The molecular formula is C20H30N4O3. The van der Waals surface area contributed by atoms with Crippen LogP contribution in [-0.4, -0.2) is 78.1 Å². The molecule has 0 atom stereocenters. The minimum atomic E-state index is 0.0303. The highest BCUT2D eigenvalue weighted by Gasteiger charge is 2.28. The zero-order chi connectivity index (χ0) is 19.2. The number of aromatic nitrogens is 1. The lowest BCUT2D eigenvalue weighted by molar-refractivity contribution is -0.128. The first kappa shape index (κ1) is 19.6. The van der Waals surface area contributed by atoms with Crippen molar-refractivity contribution in [2.45, 2.75) is 32.1 Å². The van der Waals surface area contributed by atoms with Crippen molar-refractivity contribution in [3.8, 4) is 0 Å². The molecule has 2 saturated heterocycles. The lowest BCUT2D eigenvalue weighted by Gasteiger charge is -2.34. The van der Waals surface area contributed by atoms with Crippen molar-refractivity contribution in [3.05, 3.63) is 23.9 Å². The van der Waals surface area contributed by atoms with E-state index in [1.54, 1.807) is 6.20 Å². The van der Waals surface area contributed by atoms with Crippen LogP contribution in [0.2, 0.25) is 0 Å². The van der Waals surface area contributed by atoms with Gasteiger partial charge in [0, 0.05) is 59.0 Å². The van der Waals surface area contributed by atoms with Crippen LogP contribution < -0.4 is 4.90 Å². The molecule has 7 heteroatoms. The molecule has 0 aromatic carbocycles. The zero-order valence-electron chi connectivity index (χ0n) is 16.1. The molecule has 2 aliphatic heterocycles. The molecule has 2 fully saturated rings. The lowest BCUT2D eigenvalue weighted by atomic mass is 9.96. The van der Waals surface area contributed by atoms with Crippen LogP contribution in [0, 0.1) is 5.92 Å². The van der Waals surface area contributed by atoms with Gasteiger partial charge >= 0.3 is 0 Å². The molecule has 3 heterocycles. The third-order valence-electron chi connectivity index (χ3n) is 5.59. The number of carbonyl (C=O) groups excluding carboxylic acids is 2. The Labute approximate surface area is 161 Å². The molecule has 148 valence electrons. The number of amides is 2. The second-order valence-electron chi connectivity index (χ2n) is 7.58. The Balaban J connectivity index is 1.49. The highest BCUT2D eigenvalue weighted by molar-refractivity contribution is 5.94. The fourth-order valence-electron chi connectivity index (χ4n) is 3.87. The number of rotatable bonds is 7. The van der Waals surface area contributed by atoms with Gasteiger partial charge in [-0.2, -0.15) is 0 Å². The van der Waals surface area contributed by atoms with Crippen LogP contribution in [0.4, 0.5) is 5.82 Å². The Kier molecular flexibility index (Phi) is 6.66. The van der Waals surface area contributed by atoms with Crippen molar-refractivity contribution in [2.75, 3.05) is 51.3 Å². The maximum Gasteiger partial charge on any atom is 0.255 e. The van der Waals surface area contributed by atoms with E-state index in [9.17, 15) is 9.59 Å². The van der Waals surface area contributed by atoms with Gasteiger partial charge in [0.05, 0.1) is 5.56 Å². The van der Waals surface area contributed by atoms with Crippen LogP contribution in [-0.2, 0) is 4.79 Å². The van der Waals surface area contributed by atoms with Crippen LogP contribution in [0.3, 0.4) is 0 Å². The molecule has 0 radical (unpaired) electrons. The molecule has 0 bridgehead atoms. The number of piperidine rings is 1. The van der Waals surface area contributed by atoms with Crippen molar-refractivity contribution >= 4 is 17.6 Å². The second kappa shape index (κ2) is 9.17. The highest BCUT2D eigenvalue weighted by Crippen LogP contribution is 2.22. The second-order valence-corrected chi connectivity index (χ2v) is 7.58. The monoisotopic (exact) mass is 374 g/mol. The number of hydrogen-bond acceptors (Lipinski definition) is 5. The van der Waals surface area contributed by atoms with E-state index in [4.69, 9.17) is 5.11 Å². The molecule has 7 nitrogen and oxygen atoms in total. The molecule has 3 rings (SSSR count). The maximum absolute atomic E-state index is 12.7. The molecular weight excluding hydrogens is 344 g/mol. The highest BCUT2D eigenvalue weighted by atomic mass is 16.3. The summed E-state index contributed by atoms with van der Waals surface area (Å²) < 4.78 is 0. The smallest absolute Gasteiger partial charge is 0.255 e. The van der Waals surface area contributed by atoms with Gasteiger partial charge in [-0.05, 0) is 43.7 Å². The minimum absolute atomic E-state index is 0.0303. The number of nitrogens with zero attached hydrogens (tertiary/aromatic N) is 4. The van der Waals surface area contributed by atoms with Crippen molar-refractivity contribution in [1.29, 1.82) is 0 Å². The third-order valence-corrected chi connectivity index (χ3v) is 5.59. The van der Waals surface area contributed by atoms with Gasteiger partial charge in [0.1, 0.15) is 5.82 Å². The van der Waals surface area contributed by atoms with Gasteiger partial charge in [-0.3, -0.25) is 9.59 Å². The fraction of sp³-hybridized carbons (Fsp3) is 0.650. The summed E-state index contributed by atoms with van der Waals surface area (Å²) in [4.78, 5) is 34.7. The van der Waals surface area contributed by atoms with Gasteiger partial charge in [0.2, 0.25) is 5.91 Å². The van der Waals surface area contributed by atoms with Gasteiger partial charge in [-0.15, -0.1) is 0 Å². The molecule has 2 aliphatic rings. The first-order valence-corrected chi connectivity index (χ1v) is 9.93. The van der Waals surface area contributed by atoms with Crippen molar-refractivity contribution in [3.63, 3.8) is 0 Å². The quantitative estimate of drug-likeness (QED) is 0.780. The Morgan fingerprint density at radius 1 is 1.30 bits per heavy atom. The topological polar surface area (TPSA) is 77.0 Å². The van der Waals surface area contributed by atoms with Crippen LogP contribution in [0.15, 0.2) is 18.3 Å². The molecule has 0 aliphatic carbocycles. The van der Waals surface area contributed by atoms with E-state index in [1.165, 1.54) is 0 Å². The SMILES string of the molecule is CN(CCCO)c1ccc(C(=O)N2CCC(CN3CCCC3=O)CC2)cn1. The normalized spacial score (nSPS) is 18.2. The largest absolute Gasteiger partial charge is 0.396 e. The van der Waals surface area contributed by atoms with Crippen LogP contribution in [0.5, 0.6) is 0 Å². The Bertz CT molecular complexity index is 641. The average molecular weight is 374 g/mol. The van der Waals surface area contributed by atoms with Crippen molar-refractivity contribution in [1.82, 2.24) is 14.8 Å². The van der Waals surface area contributed by atoms with Gasteiger partial charge in [0.15, 0.2) is 0 Å². The van der Waals surface area contributed by atoms with E-state index >= 15 is 0 Å². The number of anilines is 1. The lowest BCUT2D eigenvalue weighted by Crippen LogP contribution is -2.41. The number of aliphatic hydroxyl groups excluding tert-OH is 1. The van der Waals surface area contributed by atoms with Gasteiger partial charge < -0.3 is 19.8 Å². The molecule has 27 heavy (non-hydrogen) atoms. The van der Waals surface area contributed by atoms with E-state index in [2.05, 4.69) is 4.98 Å². The molecule has 1 aromatic heterocycles. The summed E-state index contributed by atoms with van der Waals surface area (Å²) in [7, 11) is 1.93. The molecule has 0 unspecified atom stereocenters. The summed E-state index contributed by atoms with van der Waals surface area (Å²) in [5, 5.41) is 8.92. The third kappa shape index (κ3) is 4.97. The number of pyridine rings is 1. The predicted octanol–water partition coefficient (Wildman–Crippen LogP) is 1.37. The summed E-state index contributed by atoms with van der Waals surface area (Å²) in [6.07, 6.45) is 5.90. The first-order chi connectivity index (χ1) is 13.1. The van der Waals surface area contributed by atoms with Gasteiger partial charge in [-0.1, -0.05) is 0 Å². The van der Waals surface area contributed by atoms with E-state index in [1.807, 2.05) is 33.9 Å². The summed E-state index contributed by atoms with van der Waals surface area (Å²) >= 11 is 0. The summed E-state index contributed by atoms with van der Waals surface area (Å²) in [6.45, 7) is 4.10. The van der Waals surface area contributed by atoms with Crippen LogP contribution >= 0.6 is 0 Å². The number of carbonyl (C=O) groups is 2. The Morgan fingerprint density at radius 3 is 2.67 bits per heavy atom. The number of likely N-dealkylation sites (tertiary alicyclic amines) is 2. The molecule has 1 N–H and O–H groups in total. The average Bonchev–Trinajstić information content (AvgIpc) is 3.11. The van der Waals surface area contributed by atoms with E-state index < -0.39 is 0 Å². The maximum atomic E-state index is 12.7. The van der Waals surface area contributed by atoms with Crippen LogP contribution in [0.25, 0.3) is 0 Å². The van der Waals surface area contributed by atoms with Crippen LogP contribution in [0.1, 0.15) is 42.5 Å².